The maximum absolute atomic E-state index is 12.9. The number of rotatable bonds is 6. The first-order valence-electron chi connectivity index (χ1n) is 9.63. The highest BCUT2D eigenvalue weighted by atomic mass is 32.2. The molecule has 1 saturated carbocycles. The number of nitrogens with zero attached hydrogens (tertiary/aromatic N) is 3. The first kappa shape index (κ1) is 18.3. The zero-order valence-corrected chi connectivity index (χ0v) is 16.1. The van der Waals surface area contributed by atoms with Crippen LogP contribution in [-0.4, -0.2) is 39.9 Å². The van der Waals surface area contributed by atoms with Gasteiger partial charge in [0.2, 0.25) is 11.8 Å². The topological polar surface area (TPSA) is 84.3 Å². The first-order chi connectivity index (χ1) is 13.1. The molecule has 0 aromatic carbocycles. The molecule has 8 heteroatoms. The van der Waals surface area contributed by atoms with Crippen molar-refractivity contribution < 1.29 is 9.59 Å². The maximum Gasteiger partial charge on any atom is 0.292 e. The van der Waals surface area contributed by atoms with Crippen LogP contribution in [0.2, 0.25) is 0 Å². The van der Waals surface area contributed by atoms with Gasteiger partial charge in [0.1, 0.15) is 12.2 Å². The molecule has 4 rings (SSSR count). The third-order valence-electron chi connectivity index (χ3n) is 5.20. The number of thioether (sulfide) groups is 1. The second kappa shape index (κ2) is 7.88. The predicted molar refractivity (Wildman–Crippen MR) is 104 cm³/mol. The lowest BCUT2D eigenvalue weighted by Gasteiger charge is -2.28. The van der Waals surface area contributed by atoms with Crippen molar-refractivity contribution in [2.45, 2.75) is 62.4 Å². The van der Waals surface area contributed by atoms with E-state index in [-0.39, 0.29) is 30.0 Å². The third kappa shape index (κ3) is 4.10. The van der Waals surface area contributed by atoms with Crippen molar-refractivity contribution in [3.05, 3.63) is 28.2 Å². The normalized spacial score (nSPS) is 19.5. The van der Waals surface area contributed by atoms with Crippen LogP contribution in [0.15, 0.2) is 27.5 Å². The highest BCUT2D eigenvalue weighted by molar-refractivity contribution is 8.00. The van der Waals surface area contributed by atoms with Crippen LogP contribution in [0.5, 0.6) is 0 Å². The fourth-order valence-electron chi connectivity index (χ4n) is 3.64. The van der Waals surface area contributed by atoms with Gasteiger partial charge in [0.25, 0.3) is 5.56 Å². The lowest BCUT2D eigenvalue weighted by Crippen LogP contribution is -2.44. The molecule has 1 aromatic rings. The molecule has 0 unspecified atom stereocenters. The van der Waals surface area contributed by atoms with Gasteiger partial charge in [-0.15, -0.1) is 11.8 Å². The van der Waals surface area contributed by atoms with E-state index in [9.17, 15) is 14.4 Å². The molecule has 7 nitrogen and oxygen atoms in total. The molecule has 0 radical (unpaired) electrons. The summed E-state index contributed by atoms with van der Waals surface area (Å²) in [5.41, 5.74) is 1.44. The van der Waals surface area contributed by atoms with E-state index in [2.05, 4.69) is 16.5 Å². The number of carbonyl (C=O) groups is 2. The quantitative estimate of drug-likeness (QED) is 0.752. The number of anilines is 1. The number of hydrogen-bond acceptors (Lipinski definition) is 5. The lowest BCUT2D eigenvalue weighted by molar-refractivity contribution is -0.121. The average Bonchev–Trinajstić information content (AvgIpc) is 3.50. The van der Waals surface area contributed by atoms with E-state index >= 15 is 0 Å². The minimum absolute atomic E-state index is 0.0324. The van der Waals surface area contributed by atoms with E-state index in [0.29, 0.717) is 18.0 Å². The highest BCUT2D eigenvalue weighted by Crippen LogP contribution is 2.38. The minimum atomic E-state index is -0.356. The third-order valence-corrected chi connectivity index (χ3v) is 6.21. The summed E-state index contributed by atoms with van der Waals surface area (Å²) in [6.07, 6.45) is 11.3. The lowest BCUT2D eigenvalue weighted by atomic mass is 9.97. The molecule has 1 aliphatic heterocycles. The standard InChI is InChI=1S/C19H24N4O3S/c24-16(20-9-8-13-4-2-1-3-5-13)11-22-19(26)18-15(10-21-22)27-12-17(25)23(18)14-6-7-14/h4,10,14H,1-3,5-9,11-12H2,(H,20,24). The Kier molecular flexibility index (Phi) is 5.33. The van der Waals surface area contributed by atoms with Gasteiger partial charge in [0, 0.05) is 12.6 Å². The van der Waals surface area contributed by atoms with Crippen molar-refractivity contribution in [2.24, 2.45) is 0 Å². The van der Waals surface area contributed by atoms with E-state index in [0.717, 1.165) is 37.0 Å². The Morgan fingerprint density at radius 2 is 2.15 bits per heavy atom. The van der Waals surface area contributed by atoms with Crippen LogP contribution in [0, 0.1) is 0 Å². The van der Waals surface area contributed by atoms with E-state index in [4.69, 9.17) is 0 Å². The molecule has 3 aliphatic rings. The van der Waals surface area contributed by atoms with Gasteiger partial charge in [-0.1, -0.05) is 11.6 Å². The van der Waals surface area contributed by atoms with Crippen LogP contribution < -0.4 is 15.8 Å². The second-order valence-corrected chi connectivity index (χ2v) is 8.33. The summed E-state index contributed by atoms with van der Waals surface area (Å²) in [6, 6.07) is 0.123. The summed E-state index contributed by atoms with van der Waals surface area (Å²) in [4.78, 5) is 39.7. The molecule has 1 N–H and O–H groups in total. The van der Waals surface area contributed by atoms with Crippen molar-refractivity contribution in [2.75, 3.05) is 17.2 Å². The number of carbonyl (C=O) groups excluding carboxylic acids is 2. The monoisotopic (exact) mass is 388 g/mol. The van der Waals surface area contributed by atoms with E-state index in [1.165, 1.54) is 34.9 Å². The molecule has 0 atom stereocenters. The average molecular weight is 388 g/mol. The summed E-state index contributed by atoms with van der Waals surface area (Å²) in [7, 11) is 0. The largest absolute Gasteiger partial charge is 0.354 e. The van der Waals surface area contributed by atoms with Gasteiger partial charge in [-0.3, -0.25) is 14.4 Å². The smallest absolute Gasteiger partial charge is 0.292 e. The molecule has 1 aromatic heterocycles. The second-order valence-electron chi connectivity index (χ2n) is 7.31. The van der Waals surface area contributed by atoms with Gasteiger partial charge in [-0.05, 0) is 44.9 Å². The van der Waals surface area contributed by atoms with Crippen molar-refractivity contribution in [3.8, 4) is 0 Å². The van der Waals surface area contributed by atoms with Crippen LogP contribution in [0.3, 0.4) is 0 Å². The fraction of sp³-hybridized carbons (Fsp3) is 0.579. The van der Waals surface area contributed by atoms with E-state index in [1.807, 2.05) is 0 Å². The number of aromatic nitrogens is 2. The van der Waals surface area contributed by atoms with Gasteiger partial charge in [0.15, 0.2) is 0 Å². The van der Waals surface area contributed by atoms with Crippen LogP contribution in [0.25, 0.3) is 0 Å². The summed E-state index contributed by atoms with van der Waals surface area (Å²) in [5.74, 6) is 0.0779. The van der Waals surface area contributed by atoms with Crippen molar-refractivity contribution in [3.63, 3.8) is 0 Å². The highest BCUT2D eigenvalue weighted by Gasteiger charge is 2.39. The molecule has 0 spiro atoms. The molecule has 2 aliphatic carbocycles. The van der Waals surface area contributed by atoms with Crippen molar-refractivity contribution in [1.82, 2.24) is 15.1 Å². The number of nitrogens with one attached hydrogen (secondary N) is 1. The van der Waals surface area contributed by atoms with Gasteiger partial charge in [0.05, 0.1) is 16.8 Å². The van der Waals surface area contributed by atoms with Gasteiger partial charge >= 0.3 is 0 Å². The predicted octanol–water partition coefficient (Wildman–Crippen LogP) is 1.85. The molecular weight excluding hydrogens is 364 g/mol. The molecule has 0 saturated heterocycles. The number of amides is 2. The first-order valence-corrected chi connectivity index (χ1v) is 10.6. The molecule has 2 heterocycles. The SMILES string of the molecule is O=C(Cn1ncc2c(c1=O)N(C1CC1)C(=O)CS2)NCCC1=CCCCC1. The minimum Gasteiger partial charge on any atom is -0.354 e. The van der Waals surface area contributed by atoms with Crippen LogP contribution >= 0.6 is 11.8 Å². The molecule has 1 fully saturated rings. The maximum atomic E-state index is 12.9. The van der Waals surface area contributed by atoms with Gasteiger partial charge in [-0.25, -0.2) is 4.68 Å². The Morgan fingerprint density at radius 1 is 1.30 bits per heavy atom. The zero-order valence-electron chi connectivity index (χ0n) is 15.3. The van der Waals surface area contributed by atoms with E-state index < -0.39 is 0 Å². The summed E-state index contributed by atoms with van der Waals surface area (Å²) >= 11 is 1.34. The molecule has 27 heavy (non-hydrogen) atoms. The Labute approximate surface area is 162 Å². The Balaban J connectivity index is 1.42. The number of hydrogen-bond donors (Lipinski definition) is 1. The van der Waals surface area contributed by atoms with Crippen LogP contribution in [-0.2, 0) is 16.1 Å². The molecule has 144 valence electrons. The van der Waals surface area contributed by atoms with E-state index in [1.54, 1.807) is 11.1 Å². The Morgan fingerprint density at radius 3 is 2.89 bits per heavy atom. The number of allylic oxidation sites excluding steroid dienone is 1. The fourth-order valence-corrected chi connectivity index (χ4v) is 4.50. The summed E-state index contributed by atoms with van der Waals surface area (Å²) in [5, 5.41) is 7.02. The van der Waals surface area contributed by atoms with Crippen LogP contribution in [0.4, 0.5) is 5.69 Å². The number of fused-ring (bicyclic) bond motifs is 1. The summed E-state index contributed by atoms with van der Waals surface area (Å²) in [6.45, 7) is 0.454. The molecule has 0 bridgehead atoms. The van der Waals surface area contributed by atoms with Gasteiger partial charge in [-0.2, -0.15) is 5.10 Å². The zero-order chi connectivity index (χ0) is 18.8. The Hall–Kier alpha value is -2.09. The van der Waals surface area contributed by atoms with Crippen LogP contribution in [0.1, 0.15) is 44.9 Å². The van der Waals surface area contributed by atoms with Crippen molar-refractivity contribution in [1.29, 1.82) is 0 Å². The molecule has 2 amide bonds. The Bertz CT molecular complexity index is 844. The van der Waals surface area contributed by atoms with Gasteiger partial charge < -0.3 is 10.2 Å². The molecular formula is C19H24N4O3S. The summed E-state index contributed by atoms with van der Waals surface area (Å²) < 4.78 is 1.17. The van der Waals surface area contributed by atoms with Crippen molar-refractivity contribution >= 4 is 29.3 Å².